The van der Waals surface area contributed by atoms with Gasteiger partial charge in [0.05, 0.1) is 18.9 Å². The van der Waals surface area contributed by atoms with Gasteiger partial charge in [0.25, 0.3) is 5.91 Å². The van der Waals surface area contributed by atoms with Crippen LogP contribution in [0.5, 0.6) is 0 Å². The number of carbonyl (C=O) groups is 1. The molecule has 1 saturated heterocycles. The number of ether oxygens (including phenoxy) is 1. The summed E-state index contributed by atoms with van der Waals surface area (Å²) in [5.74, 6) is 0.234. The molecule has 2 aromatic rings. The number of amides is 1. The number of carbonyl (C=O) groups excluding carboxylic acids is 1. The van der Waals surface area contributed by atoms with E-state index in [0.29, 0.717) is 37.6 Å². The molecule has 0 radical (unpaired) electrons. The minimum atomic E-state index is 0.00929. The lowest BCUT2D eigenvalue weighted by atomic mass is 10.0. The summed E-state index contributed by atoms with van der Waals surface area (Å²) in [7, 11) is 0. The van der Waals surface area contributed by atoms with Crippen LogP contribution in [-0.2, 0) is 17.6 Å². The van der Waals surface area contributed by atoms with E-state index in [1.165, 1.54) is 11.5 Å². The van der Waals surface area contributed by atoms with Crippen LogP contribution < -0.4 is 0 Å². The summed E-state index contributed by atoms with van der Waals surface area (Å²) >= 11 is 1.17. The maximum Gasteiger partial charge on any atom is 0.267 e. The van der Waals surface area contributed by atoms with Crippen LogP contribution in [0.25, 0.3) is 0 Å². The first-order chi connectivity index (χ1) is 11.3. The third kappa shape index (κ3) is 3.89. The molecule has 1 aliphatic rings. The van der Waals surface area contributed by atoms with Gasteiger partial charge in [-0.15, -0.1) is 5.10 Å². The predicted molar refractivity (Wildman–Crippen MR) is 85.2 cm³/mol. The van der Waals surface area contributed by atoms with E-state index in [1.54, 1.807) is 12.5 Å². The van der Waals surface area contributed by atoms with Crippen LogP contribution in [0.2, 0.25) is 0 Å². The van der Waals surface area contributed by atoms with E-state index in [0.717, 1.165) is 17.8 Å². The van der Waals surface area contributed by atoms with Crippen LogP contribution in [-0.4, -0.2) is 56.7 Å². The molecule has 0 aliphatic carbocycles. The molecule has 122 valence electrons. The average molecular weight is 333 g/mol. The Morgan fingerprint density at radius 3 is 3.22 bits per heavy atom. The van der Waals surface area contributed by atoms with Crippen molar-refractivity contribution in [1.29, 1.82) is 0 Å². The van der Waals surface area contributed by atoms with Crippen LogP contribution >= 0.6 is 11.5 Å². The van der Waals surface area contributed by atoms with Crippen LogP contribution in [0.4, 0.5) is 0 Å². The van der Waals surface area contributed by atoms with Crippen LogP contribution in [0.1, 0.15) is 28.0 Å². The highest BCUT2D eigenvalue weighted by Crippen LogP contribution is 2.18. The molecule has 0 saturated carbocycles. The molecule has 0 spiro atoms. The number of aryl methyl sites for hydroxylation is 1. The summed E-state index contributed by atoms with van der Waals surface area (Å²) in [5, 5.41) is 4.03. The maximum absolute atomic E-state index is 12.8. The maximum atomic E-state index is 12.8. The van der Waals surface area contributed by atoms with E-state index in [2.05, 4.69) is 19.6 Å². The fraction of sp³-hybridized carbons (Fsp3) is 0.533. The van der Waals surface area contributed by atoms with Gasteiger partial charge in [-0.2, -0.15) is 0 Å². The molecule has 0 bridgehead atoms. The second-order valence-corrected chi connectivity index (χ2v) is 6.25. The van der Waals surface area contributed by atoms with Gasteiger partial charge in [0.15, 0.2) is 0 Å². The second kappa shape index (κ2) is 7.56. The molecular formula is C15H19N5O2S. The topological polar surface area (TPSA) is 81.1 Å². The molecule has 1 amide bonds. The van der Waals surface area contributed by atoms with Gasteiger partial charge in [-0.3, -0.25) is 4.79 Å². The molecule has 0 N–H and O–H groups in total. The second-order valence-electron chi connectivity index (χ2n) is 5.50. The molecule has 0 unspecified atom stereocenters. The Bertz CT molecular complexity index is 648. The summed E-state index contributed by atoms with van der Waals surface area (Å²) in [6.45, 7) is 4.43. The van der Waals surface area contributed by atoms with Crippen LogP contribution in [0.15, 0.2) is 18.6 Å². The van der Waals surface area contributed by atoms with Crippen LogP contribution in [0.3, 0.4) is 0 Å². The zero-order valence-electron chi connectivity index (χ0n) is 13.0. The smallest absolute Gasteiger partial charge is 0.267 e. The summed E-state index contributed by atoms with van der Waals surface area (Å²) in [5.41, 5.74) is 1.74. The fourth-order valence-corrected chi connectivity index (χ4v) is 3.39. The lowest BCUT2D eigenvalue weighted by molar-refractivity contribution is 0.0741. The van der Waals surface area contributed by atoms with Crippen LogP contribution in [0, 0.1) is 5.92 Å². The third-order valence-electron chi connectivity index (χ3n) is 3.85. The molecule has 3 rings (SSSR count). The first-order valence-electron chi connectivity index (χ1n) is 7.71. The Kier molecular flexibility index (Phi) is 5.24. The molecule has 23 heavy (non-hydrogen) atoms. The van der Waals surface area contributed by atoms with Gasteiger partial charge < -0.3 is 9.64 Å². The first kappa shape index (κ1) is 15.9. The van der Waals surface area contributed by atoms with E-state index in [-0.39, 0.29) is 11.8 Å². The van der Waals surface area contributed by atoms with Gasteiger partial charge in [-0.25, -0.2) is 9.97 Å². The summed E-state index contributed by atoms with van der Waals surface area (Å²) in [6.07, 6.45) is 4.77. The monoisotopic (exact) mass is 333 g/mol. The Balaban J connectivity index is 1.71. The van der Waals surface area contributed by atoms with Crippen molar-refractivity contribution in [2.45, 2.75) is 19.8 Å². The molecule has 1 aliphatic heterocycles. The highest BCUT2D eigenvalue weighted by Gasteiger charge is 2.26. The van der Waals surface area contributed by atoms with Crippen molar-refractivity contribution >= 4 is 17.4 Å². The van der Waals surface area contributed by atoms with Gasteiger partial charge in [0.1, 0.15) is 11.2 Å². The molecule has 3 heterocycles. The standard InChI is InChI=1S/C15H19N5O2S/c1-2-13-14(23-19-18-13)15(21)20-5-6-22-9-11(8-20)7-12-3-4-16-10-17-12/h3-4,10-11H,2,5-9H2,1H3/t11-/m1/s1. The van der Waals surface area contributed by atoms with Crippen molar-refractivity contribution in [2.24, 2.45) is 5.92 Å². The first-order valence-corrected chi connectivity index (χ1v) is 8.48. The van der Waals surface area contributed by atoms with Crippen molar-refractivity contribution < 1.29 is 9.53 Å². The van der Waals surface area contributed by atoms with Gasteiger partial charge in [-0.1, -0.05) is 11.4 Å². The molecule has 2 aromatic heterocycles. The summed E-state index contributed by atoms with van der Waals surface area (Å²) < 4.78 is 9.58. The number of aromatic nitrogens is 4. The van der Waals surface area contributed by atoms with Gasteiger partial charge in [0.2, 0.25) is 0 Å². The fourth-order valence-electron chi connectivity index (χ4n) is 2.67. The van der Waals surface area contributed by atoms with E-state index in [9.17, 15) is 4.79 Å². The van der Waals surface area contributed by atoms with Gasteiger partial charge in [-0.05, 0) is 30.4 Å². The summed E-state index contributed by atoms with van der Waals surface area (Å²) in [4.78, 5) is 23.5. The van der Waals surface area contributed by atoms with E-state index >= 15 is 0 Å². The molecule has 1 fully saturated rings. The lowest BCUT2D eigenvalue weighted by Gasteiger charge is -2.23. The molecule has 1 atom stereocenters. The van der Waals surface area contributed by atoms with Gasteiger partial charge >= 0.3 is 0 Å². The van der Waals surface area contributed by atoms with Crippen molar-refractivity contribution in [3.63, 3.8) is 0 Å². The predicted octanol–water partition coefficient (Wildman–Crippen LogP) is 1.22. The minimum Gasteiger partial charge on any atom is -0.379 e. The highest BCUT2D eigenvalue weighted by atomic mass is 32.1. The third-order valence-corrected chi connectivity index (χ3v) is 4.61. The van der Waals surface area contributed by atoms with E-state index in [1.807, 2.05) is 17.9 Å². The van der Waals surface area contributed by atoms with Gasteiger partial charge in [0, 0.05) is 30.9 Å². The highest BCUT2D eigenvalue weighted by molar-refractivity contribution is 7.08. The molecule has 8 heteroatoms. The largest absolute Gasteiger partial charge is 0.379 e. The Labute approximate surface area is 138 Å². The lowest BCUT2D eigenvalue weighted by Crippen LogP contribution is -2.36. The van der Waals surface area contributed by atoms with E-state index < -0.39 is 0 Å². The van der Waals surface area contributed by atoms with Crippen molar-refractivity contribution in [3.8, 4) is 0 Å². The summed E-state index contributed by atoms with van der Waals surface area (Å²) in [6, 6.07) is 1.90. The van der Waals surface area contributed by atoms with E-state index in [4.69, 9.17) is 4.74 Å². The average Bonchev–Trinajstić information content (AvgIpc) is 2.94. The minimum absolute atomic E-state index is 0.00929. The molecule has 0 aromatic carbocycles. The van der Waals surface area contributed by atoms with Crippen molar-refractivity contribution in [2.75, 3.05) is 26.3 Å². The Hall–Kier alpha value is -1.93. The normalized spacial score (nSPS) is 18.7. The molecular weight excluding hydrogens is 314 g/mol. The Morgan fingerprint density at radius 2 is 2.43 bits per heavy atom. The van der Waals surface area contributed by atoms with Crippen molar-refractivity contribution in [1.82, 2.24) is 24.5 Å². The number of hydrogen-bond acceptors (Lipinski definition) is 7. The quantitative estimate of drug-likeness (QED) is 0.837. The number of nitrogens with zero attached hydrogens (tertiary/aromatic N) is 5. The zero-order chi connectivity index (χ0) is 16.1. The number of rotatable bonds is 4. The SMILES string of the molecule is CCc1nnsc1C(=O)N1CCOC[C@H](Cc2ccncn2)C1. The van der Waals surface area contributed by atoms with Crippen molar-refractivity contribution in [3.05, 3.63) is 34.9 Å². The zero-order valence-corrected chi connectivity index (χ0v) is 13.8. The molecule has 7 nitrogen and oxygen atoms in total. The Morgan fingerprint density at radius 1 is 1.52 bits per heavy atom. The number of hydrogen-bond donors (Lipinski definition) is 0.